The molecule has 1 aromatic heterocycles. The summed E-state index contributed by atoms with van der Waals surface area (Å²) in [6.07, 6.45) is -1.88. The molecule has 338 valence electrons. The third-order valence-electron chi connectivity index (χ3n) is 9.95. The number of nitro benzene ring substituents is 1. The van der Waals surface area contributed by atoms with Crippen molar-refractivity contribution in [2.75, 3.05) is 45.0 Å². The first-order valence-electron chi connectivity index (χ1n) is 19.5. The maximum atomic E-state index is 16.1. The van der Waals surface area contributed by atoms with Crippen LogP contribution in [0, 0.1) is 15.9 Å². The first kappa shape index (κ1) is 47.8. The summed E-state index contributed by atoms with van der Waals surface area (Å²) in [6.45, 7) is 6.34. The normalized spacial score (nSPS) is 17.0. The zero-order valence-electron chi connectivity index (χ0n) is 34.5. The smallest absolute Gasteiger partial charge is 0.410 e. The molecule has 22 heteroatoms. The molecule has 2 heterocycles. The second kappa shape index (κ2) is 20.3. The van der Waals surface area contributed by atoms with Crippen LogP contribution in [0.2, 0.25) is 0 Å². The van der Waals surface area contributed by atoms with Crippen LogP contribution in [0.5, 0.6) is 5.75 Å². The van der Waals surface area contributed by atoms with Crippen LogP contribution >= 0.6 is 23.2 Å². The van der Waals surface area contributed by atoms with Gasteiger partial charge in [0, 0.05) is 50.0 Å². The van der Waals surface area contributed by atoms with Crippen molar-refractivity contribution in [1.82, 2.24) is 14.8 Å². The van der Waals surface area contributed by atoms with Gasteiger partial charge in [0.05, 0.1) is 47.9 Å². The van der Waals surface area contributed by atoms with Gasteiger partial charge in [-0.05, 0) is 64.3 Å². The summed E-state index contributed by atoms with van der Waals surface area (Å²) in [4.78, 5) is 77.1. The fourth-order valence-corrected chi connectivity index (χ4v) is 6.92. The van der Waals surface area contributed by atoms with E-state index < -0.39 is 101 Å². The van der Waals surface area contributed by atoms with Crippen LogP contribution < -0.4 is 20.4 Å². The lowest BCUT2D eigenvalue weighted by molar-refractivity contribution is -0.384. The largest absolute Gasteiger partial charge is 0.492 e. The number of benzene rings is 2. The highest BCUT2D eigenvalue weighted by Gasteiger charge is 2.36. The summed E-state index contributed by atoms with van der Waals surface area (Å²) in [5.74, 6) is -3.76. The van der Waals surface area contributed by atoms with E-state index in [1.807, 2.05) is 6.92 Å². The summed E-state index contributed by atoms with van der Waals surface area (Å²) in [5.41, 5.74) is -1.69. The molecule has 3 aromatic rings. The van der Waals surface area contributed by atoms with E-state index in [1.54, 1.807) is 35.1 Å². The van der Waals surface area contributed by atoms with Crippen molar-refractivity contribution in [3.63, 3.8) is 0 Å². The number of methoxy groups -OCH3 is 1. The quantitative estimate of drug-likeness (QED) is 0.0418. The highest BCUT2D eigenvalue weighted by atomic mass is 35.5. The minimum atomic E-state index is -1.58. The molecule has 0 spiro atoms. The lowest BCUT2D eigenvalue weighted by atomic mass is 10.0. The summed E-state index contributed by atoms with van der Waals surface area (Å²) in [5, 5.41) is 34.4. The number of pyridine rings is 1. The number of nitro groups is 1. The van der Waals surface area contributed by atoms with Crippen LogP contribution in [-0.2, 0) is 28.5 Å². The molecule has 1 amide bonds. The Hall–Kier alpha value is -5.28. The number of aromatic nitrogens is 1. The number of aliphatic hydroxyl groups is 2. The van der Waals surface area contributed by atoms with Gasteiger partial charge in [0.25, 0.3) is 5.69 Å². The number of halogens is 3. The molecular formula is C40H48Cl2FN5O14. The van der Waals surface area contributed by atoms with Crippen molar-refractivity contribution in [2.24, 2.45) is 0 Å². The van der Waals surface area contributed by atoms with E-state index in [4.69, 9.17) is 46.9 Å². The molecule has 1 saturated heterocycles. The average molecular weight is 913 g/mol. The van der Waals surface area contributed by atoms with Gasteiger partial charge in [-0.25, -0.2) is 14.0 Å². The number of ether oxygens (including phenoxy) is 5. The van der Waals surface area contributed by atoms with E-state index in [9.17, 15) is 44.3 Å². The first-order chi connectivity index (χ1) is 29.2. The summed E-state index contributed by atoms with van der Waals surface area (Å²) in [7, 11) is 1.35. The summed E-state index contributed by atoms with van der Waals surface area (Å²) < 4.78 is 44.3. The van der Waals surface area contributed by atoms with Gasteiger partial charge in [-0.3, -0.25) is 29.8 Å². The van der Waals surface area contributed by atoms with Gasteiger partial charge in [0.1, 0.15) is 34.5 Å². The molecule has 0 radical (unpaired) electrons. The number of anilines is 1. The maximum absolute atomic E-state index is 16.1. The van der Waals surface area contributed by atoms with Gasteiger partial charge in [-0.15, -0.1) is 23.2 Å². The van der Waals surface area contributed by atoms with Gasteiger partial charge >= 0.3 is 24.0 Å². The van der Waals surface area contributed by atoms with E-state index in [0.29, 0.717) is 12.8 Å². The van der Waals surface area contributed by atoms with Crippen LogP contribution in [0.3, 0.4) is 0 Å². The Morgan fingerprint density at radius 3 is 2.24 bits per heavy atom. The standard InChI is InChI=1S/C40H48Cl2FN5O14/c1-21-17-45(14-15-46(21)39(55)62-40(2,3)4)32-27(43)16-25-31(35(32)58-5)47(23-10-11-23)18-26(34(25)52)38(54)61-20-60-30(50)13-12-29(49)59-19-28(44-37(53)36(41)42)33(51)22-6-8-24(9-7-22)48(56)57/h6-9,16,18,21,23,28,33,36-37,44,51,53H,10-15,17,19-20H2,1-5H3/t21?,28-,33-,37?/m1/s1. The Morgan fingerprint density at radius 2 is 1.68 bits per heavy atom. The number of nitrogens with zero attached hydrogens (tertiary/aromatic N) is 4. The van der Waals surface area contributed by atoms with E-state index >= 15 is 4.39 Å². The van der Waals surface area contributed by atoms with Gasteiger partial charge < -0.3 is 48.3 Å². The SMILES string of the molecule is COc1c(N2CCN(C(=O)OC(C)(C)C)C(C)C2)c(F)cc2c(=O)c(C(=O)OCOC(=O)CCC(=O)OC[C@@H](NC(O)C(Cl)Cl)[C@H](O)c3ccc([N+](=O)[O-])cc3)cn(C3CC3)c12. The Kier molecular flexibility index (Phi) is 15.6. The number of carbonyl (C=O) groups is 4. The van der Waals surface area contributed by atoms with E-state index in [2.05, 4.69) is 5.32 Å². The van der Waals surface area contributed by atoms with E-state index in [0.717, 1.165) is 18.2 Å². The molecular weight excluding hydrogens is 864 g/mol. The highest BCUT2D eigenvalue weighted by Crippen LogP contribution is 2.44. The molecule has 1 aliphatic heterocycles. The number of fused-ring (bicyclic) bond motifs is 1. The molecule has 2 aromatic carbocycles. The van der Waals surface area contributed by atoms with Crippen molar-refractivity contribution < 1.29 is 62.4 Å². The van der Waals surface area contributed by atoms with Crippen LogP contribution in [0.1, 0.15) is 81.4 Å². The third-order valence-corrected chi connectivity index (χ3v) is 10.4. The molecule has 5 rings (SSSR count). The van der Waals surface area contributed by atoms with Gasteiger partial charge in [0.15, 0.2) is 11.6 Å². The summed E-state index contributed by atoms with van der Waals surface area (Å²) in [6, 6.07) is 4.16. The molecule has 1 aliphatic carbocycles. The fraction of sp³-hybridized carbons (Fsp3) is 0.525. The lowest BCUT2D eigenvalue weighted by Crippen LogP contribution is -2.55. The Morgan fingerprint density at radius 1 is 1.03 bits per heavy atom. The number of rotatable bonds is 17. The number of hydrogen-bond acceptors (Lipinski definition) is 16. The minimum absolute atomic E-state index is 0.0819. The molecule has 2 fully saturated rings. The number of alkyl halides is 2. The Labute approximate surface area is 364 Å². The number of carbonyl (C=O) groups excluding carboxylic acids is 4. The second-order valence-corrected chi connectivity index (χ2v) is 16.9. The van der Waals surface area contributed by atoms with Crippen molar-refractivity contribution >= 4 is 69.5 Å². The van der Waals surface area contributed by atoms with E-state index in [-0.39, 0.29) is 65.3 Å². The van der Waals surface area contributed by atoms with Crippen LogP contribution in [0.15, 0.2) is 41.3 Å². The molecule has 19 nitrogen and oxygen atoms in total. The molecule has 4 atom stereocenters. The number of amides is 1. The topological polar surface area (TPSA) is 239 Å². The molecule has 0 bridgehead atoms. The monoisotopic (exact) mass is 911 g/mol. The van der Waals surface area contributed by atoms with Crippen molar-refractivity contribution in [3.05, 3.63) is 73.8 Å². The van der Waals surface area contributed by atoms with Gasteiger partial charge in [0.2, 0.25) is 12.2 Å². The molecule has 3 N–H and O–H groups in total. The third kappa shape index (κ3) is 11.8. The predicted molar refractivity (Wildman–Crippen MR) is 221 cm³/mol. The zero-order chi connectivity index (χ0) is 45.6. The van der Waals surface area contributed by atoms with Crippen molar-refractivity contribution in [3.8, 4) is 5.75 Å². The van der Waals surface area contributed by atoms with Crippen molar-refractivity contribution in [2.45, 2.75) is 94.3 Å². The number of aliphatic hydroxyl groups excluding tert-OH is 2. The number of non-ortho nitro benzene ring substituents is 1. The number of piperazine rings is 1. The second-order valence-electron chi connectivity index (χ2n) is 15.7. The van der Waals surface area contributed by atoms with E-state index in [1.165, 1.54) is 25.4 Å². The Balaban J connectivity index is 1.20. The van der Waals surface area contributed by atoms with Gasteiger partial charge in [-0.2, -0.15) is 0 Å². The molecule has 2 unspecified atom stereocenters. The molecule has 62 heavy (non-hydrogen) atoms. The Bertz CT molecular complexity index is 2220. The summed E-state index contributed by atoms with van der Waals surface area (Å²) >= 11 is 11.4. The maximum Gasteiger partial charge on any atom is 0.410 e. The minimum Gasteiger partial charge on any atom is -0.492 e. The number of esters is 3. The average Bonchev–Trinajstić information content (AvgIpc) is 4.06. The zero-order valence-corrected chi connectivity index (χ0v) is 36.0. The predicted octanol–water partition coefficient (Wildman–Crippen LogP) is 4.63. The highest BCUT2D eigenvalue weighted by molar-refractivity contribution is 6.44. The van der Waals surface area contributed by atoms with Crippen molar-refractivity contribution in [1.29, 1.82) is 0 Å². The van der Waals surface area contributed by atoms with Crippen LogP contribution in [0.25, 0.3) is 10.9 Å². The van der Waals surface area contributed by atoms with Gasteiger partial charge in [-0.1, -0.05) is 0 Å². The molecule has 2 aliphatic rings. The molecule has 1 saturated carbocycles. The van der Waals surface area contributed by atoms with Crippen LogP contribution in [0.4, 0.5) is 20.6 Å². The van der Waals surface area contributed by atoms with Crippen LogP contribution in [-0.4, -0.2) is 117 Å². The number of nitrogens with one attached hydrogen (secondary N) is 1. The fourth-order valence-electron chi connectivity index (χ4n) is 6.78. The lowest BCUT2D eigenvalue weighted by Gasteiger charge is -2.41. The number of hydrogen-bond donors (Lipinski definition) is 3. The first-order valence-corrected chi connectivity index (χ1v) is 20.4.